The van der Waals surface area contributed by atoms with E-state index in [1.54, 1.807) is 0 Å². The molecule has 0 heterocycles. The van der Waals surface area contributed by atoms with E-state index in [1.165, 1.54) is 48.1 Å². The smallest absolute Gasteiger partial charge is 0.369 e. The molecule has 2 N–H and O–H groups in total. The van der Waals surface area contributed by atoms with Gasteiger partial charge in [-0.25, -0.2) is 0 Å². The first-order valence-electron chi connectivity index (χ1n) is 17.4. The first-order valence-corrected chi connectivity index (χ1v) is 17.4. The summed E-state index contributed by atoms with van der Waals surface area (Å²) in [4.78, 5) is 13.6. The van der Waals surface area contributed by atoms with Crippen molar-refractivity contribution in [2.75, 3.05) is 0 Å². The standard InChI is InChI=1S/C40H43F6NO2/c1-25(31-21-22-33(27-11-7-12-27)35-15-6-5-14-34(31)35)36-23-29(37(48)47-24-26-9-3-2-4-10-26)13-8-16-32(36)28-17-19-30(20-18-28)38(49,39(41,42)43)40(44,45)46/h2-4,9-10,17-22,27,29,32,36,49H,1,5-8,11-16,23-24H2,(H,47,48)/t29?,32-,36?/m0/s1. The summed E-state index contributed by atoms with van der Waals surface area (Å²) in [6.45, 7) is 5.00. The highest BCUT2D eigenvalue weighted by Gasteiger charge is 2.71. The zero-order valence-electron chi connectivity index (χ0n) is 27.5. The lowest BCUT2D eigenvalue weighted by atomic mass is 9.70. The van der Waals surface area contributed by atoms with Gasteiger partial charge >= 0.3 is 12.4 Å². The molecule has 2 unspecified atom stereocenters. The highest BCUT2D eigenvalue weighted by molar-refractivity contribution is 5.79. The van der Waals surface area contributed by atoms with Crippen molar-refractivity contribution in [3.8, 4) is 0 Å². The number of rotatable bonds is 8. The lowest BCUT2D eigenvalue weighted by Crippen LogP contribution is -2.53. The second-order valence-corrected chi connectivity index (χ2v) is 14.1. The van der Waals surface area contributed by atoms with Crippen LogP contribution in [0.25, 0.3) is 5.57 Å². The fourth-order valence-corrected chi connectivity index (χ4v) is 8.28. The fraction of sp³-hybridized carbons (Fsp3) is 0.475. The maximum atomic E-state index is 13.7. The molecule has 3 aliphatic rings. The highest BCUT2D eigenvalue weighted by Crippen LogP contribution is 2.52. The third-order valence-corrected chi connectivity index (χ3v) is 11.3. The normalized spacial score (nSPS) is 22.1. The topological polar surface area (TPSA) is 49.3 Å². The van der Waals surface area contributed by atoms with E-state index in [0.717, 1.165) is 54.5 Å². The number of nitrogens with one attached hydrogen (secondary N) is 1. The van der Waals surface area contributed by atoms with Gasteiger partial charge in [-0.1, -0.05) is 86.2 Å². The van der Waals surface area contributed by atoms with Crippen molar-refractivity contribution in [3.63, 3.8) is 0 Å². The Hall–Kier alpha value is -3.59. The minimum atomic E-state index is -5.96. The number of aliphatic hydroxyl groups is 1. The number of alkyl halides is 6. The van der Waals surface area contributed by atoms with Crippen molar-refractivity contribution in [1.82, 2.24) is 5.32 Å². The van der Waals surface area contributed by atoms with E-state index < -0.39 is 23.5 Å². The van der Waals surface area contributed by atoms with Crippen molar-refractivity contribution in [1.29, 1.82) is 0 Å². The summed E-state index contributed by atoms with van der Waals surface area (Å²) in [6, 6.07) is 18.0. The molecule has 2 fully saturated rings. The predicted molar refractivity (Wildman–Crippen MR) is 178 cm³/mol. The summed E-state index contributed by atoms with van der Waals surface area (Å²) in [7, 11) is 0. The van der Waals surface area contributed by atoms with Crippen LogP contribution in [0.3, 0.4) is 0 Å². The molecule has 0 aromatic heterocycles. The molecule has 262 valence electrons. The number of carbonyl (C=O) groups is 1. The second-order valence-electron chi connectivity index (χ2n) is 14.1. The van der Waals surface area contributed by atoms with Crippen LogP contribution in [0.4, 0.5) is 26.3 Å². The number of halogens is 6. The zero-order chi connectivity index (χ0) is 35.0. The minimum absolute atomic E-state index is 0.0829. The Bertz CT molecular complexity index is 1630. The first-order chi connectivity index (χ1) is 23.3. The predicted octanol–water partition coefficient (Wildman–Crippen LogP) is 10.1. The van der Waals surface area contributed by atoms with Gasteiger partial charge in [-0.3, -0.25) is 4.79 Å². The quantitative estimate of drug-likeness (QED) is 0.183. The summed E-state index contributed by atoms with van der Waals surface area (Å²) in [5.41, 5.74) is 1.30. The second kappa shape index (κ2) is 14.0. The number of hydrogen-bond acceptors (Lipinski definition) is 2. The molecule has 3 atom stereocenters. The summed E-state index contributed by atoms with van der Waals surface area (Å²) in [5, 5.41) is 13.1. The minimum Gasteiger partial charge on any atom is -0.369 e. The molecule has 3 aromatic carbocycles. The van der Waals surface area contributed by atoms with Gasteiger partial charge in [0.25, 0.3) is 5.60 Å². The van der Waals surface area contributed by atoms with Crippen molar-refractivity contribution >= 4 is 11.5 Å². The molecule has 0 spiro atoms. The van der Waals surface area contributed by atoms with Gasteiger partial charge in [-0.2, -0.15) is 26.3 Å². The number of fused-ring (bicyclic) bond motifs is 1. The third-order valence-electron chi connectivity index (χ3n) is 11.3. The van der Waals surface area contributed by atoms with Gasteiger partial charge in [0.15, 0.2) is 0 Å². The lowest BCUT2D eigenvalue weighted by Gasteiger charge is -2.35. The summed E-state index contributed by atoms with van der Waals surface area (Å²) in [6.07, 6.45) is -1.95. The monoisotopic (exact) mass is 683 g/mol. The van der Waals surface area contributed by atoms with E-state index in [2.05, 4.69) is 24.0 Å². The number of allylic oxidation sites excluding steroid dienone is 1. The van der Waals surface area contributed by atoms with Crippen molar-refractivity contribution in [2.24, 2.45) is 11.8 Å². The van der Waals surface area contributed by atoms with Crippen molar-refractivity contribution < 1.29 is 36.2 Å². The van der Waals surface area contributed by atoms with Crippen molar-refractivity contribution in [2.45, 2.75) is 107 Å². The van der Waals surface area contributed by atoms with Crippen LogP contribution in [-0.2, 0) is 29.8 Å². The highest BCUT2D eigenvalue weighted by atomic mass is 19.4. The van der Waals surface area contributed by atoms with Crippen LogP contribution in [0.2, 0.25) is 0 Å². The lowest BCUT2D eigenvalue weighted by molar-refractivity contribution is -0.376. The number of carbonyl (C=O) groups excluding carboxylic acids is 1. The summed E-state index contributed by atoms with van der Waals surface area (Å²) in [5.74, 6) is -0.446. The largest absolute Gasteiger partial charge is 0.430 e. The summed E-state index contributed by atoms with van der Waals surface area (Å²) < 4.78 is 82.0. The van der Waals surface area contributed by atoms with Crippen LogP contribution < -0.4 is 5.32 Å². The van der Waals surface area contributed by atoms with Gasteiger partial charge < -0.3 is 10.4 Å². The molecule has 0 saturated heterocycles. The van der Waals surface area contributed by atoms with E-state index in [-0.39, 0.29) is 23.7 Å². The molecular formula is C40H43F6NO2. The molecule has 3 aliphatic carbocycles. The van der Waals surface area contributed by atoms with Crippen molar-refractivity contribution in [3.05, 3.63) is 112 Å². The third kappa shape index (κ3) is 6.92. The maximum Gasteiger partial charge on any atom is 0.430 e. The van der Waals surface area contributed by atoms with E-state index in [4.69, 9.17) is 0 Å². The Labute approximate surface area is 283 Å². The Morgan fingerprint density at radius 1 is 0.776 bits per heavy atom. The number of hydrogen-bond donors (Lipinski definition) is 2. The van der Waals surface area contributed by atoms with Crippen LogP contribution >= 0.6 is 0 Å². The molecule has 49 heavy (non-hydrogen) atoms. The molecule has 0 aliphatic heterocycles. The van der Waals surface area contributed by atoms with E-state index in [1.807, 2.05) is 30.3 Å². The average molecular weight is 684 g/mol. The molecule has 9 heteroatoms. The van der Waals surface area contributed by atoms with E-state index in [9.17, 15) is 36.2 Å². The molecule has 1 amide bonds. The van der Waals surface area contributed by atoms with Crippen LogP contribution in [0.1, 0.15) is 109 Å². The molecular weight excluding hydrogens is 640 g/mol. The van der Waals surface area contributed by atoms with E-state index in [0.29, 0.717) is 43.7 Å². The van der Waals surface area contributed by atoms with Crippen LogP contribution in [0.5, 0.6) is 0 Å². The van der Waals surface area contributed by atoms with Gasteiger partial charge in [0, 0.05) is 18.0 Å². The first kappa shape index (κ1) is 35.2. The SMILES string of the molecule is C=C(c1ccc(C2CCC2)c2c1CCCC2)C1CC(C(=O)NCc2ccccc2)CCC[C@H]1c1ccc(C(O)(C(F)(F)F)C(F)(F)F)cc1. The Morgan fingerprint density at radius 3 is 2.02 bits per heavy atom. The van der Waals surface area contributed by atoms with Gasteiger partial charge in [-0.05, 0) is 114 Å². The molecule has 3 aromatic rings. The van der Waals surface area contributed by atoms with Crippen LogP contribution in [0.15, 0.2) is 73.3 Å². The molecule has 3 nitrogen and oxygen atoms in total. The van der Waals surface area contributed by atoms with Gasteiger partial charge in [0.1, 0.15) is 0 Å². The van der Waals surface area contributed by atoms with Gasteiger partial charge in [0.2, 0.25) is 5.91 Å². The number of benzene rings is 3. The van der Waals surface area contributed by atoms with Crippen LogP contribution in [0, 0.1) is 11.8 Å². The zero-order valence-corrected chi connectivity index (χ0v) is 27.5. The molecule has 2 saturated carbocycles. The average Bonchev–Trinajstić information content (AvgIpc) is 3.29. The molecule has 6 rings (SSSR count). The van der Waals surface area contributed by atoms with E-state index >= 15 is 0 Å². The molecule has 0 radical (unpaired) electrons. The maximum absolute atomic E-state index is 13.7. The number of amides is 1. The summed E-state index contributed by atoms with van der Waals surface area (Å²) >= 11 is 0. The Morgan fingerprint density at radius 2 is 1.41 bits per heavy atom. The molecule has 0 bridgehead atoms. The Kier molecular flexibility index (Phi) is 10.0. The Balaban J connectivity index is 1.35. The van der Waals surface area contributed by atoms with Gasteiger partial charge in [-0.15, -0.1) is 0 Å². The van der Waals surface area contributed by atoms with Crippen LogP contribution in [-0.4, -0.2) is 23.4 Å². The fourth-order valence-electron chi connectivity index (χ4n) is 8.28. The van der Waals surface area contributed by atoms with Gasteiger partial charge in [0.05, 0.1) is 0 Å².